The Morgan fingerprint density at radius 1 is 1.47 bits per heavy atom. The molecule has 2 aromatic rings. The van der Waals surface area contributed by atoms with Gasteiger partial charge in [0.2, 0.25) is 0 Å². The van der Waals surface area contributed by atoms with Crippen LogP contribution in [0.1, 0.15) is 12.8 Å². The van der Waals surface area contributed by atoms with E-state index in [-0.39, 0.29) is 6.10 Å². The van der Waals surface area contributed by atoms with E-state index in [1.165, 1.54) is 6.33 Å². The predicted molar refractivity (Wildman–Crippen MR) is 70.0 cm³/mol. The lowest BCUT2D eigenvalue weighted by Gasteiger charge is -2.10. The van der Waals surface area contributed by atoms with E-state index in [2.05, 4.69) is 25.5 Å². The topological polar surface area (TPSA) is 85.0 Å². The molecule has 3 rings (SSSR count). The van der Waals surface area contributed by atoms with Gasteiger partial charge in [-0.1, -0.05) is 0 Å². The van der Waals surface area contributed by atoms with Gasteiger partial charge in [0.15, 0.2) is 5.65 Å². The minimum Gasteiger partial charge on any atom is -0.377 e. The summed E-state index contributed by atoms with van der Waals surface area (Å²) in [6.07, 6.45) is 5.75. The Kier molecular flexibility index (Phi) is 3.85. The Bertz CT molecular complexity index is 524. The molecule has 0 saturated carbocycles. The maximum Gasteiger partial charge on any atom is 0.160 e. The number of H-pyrrole nitrogens is 1. The van der Waals surface area contributed by atoms with E-state index in [1.54, 1.807) is 6.20 Å². The maximum atomic E-state index is 5.58. The molecule has 1 atom stereocenters. The summed E-state index contributed by atoms with van der Waals surface area (Å²) in [6, 6.07) is 0. The fourth-order valence-corrected chi connectivity index (χ4v) is 2.14. The van der Waals surface area contributed by atoms with Crippen molar-refractivity contribution in [1.82, 2.24) is 20.2 Å². The summed E-state index contributed by atoms with van der Waals surface area (Å²) in [4.78, 5) is 8.27. The highest BCUT2D eigenvalue weighted by Gasteiger charge is 2.14. The van der Waals surface area contributed by atoms with Crippen LogP contribution in [0.25, 0.3) is 11.0 Å². The molecule has 1 aliphatic rings. The van der Waals surface area contributed by atoms with Gasteiger partial charge >= 0.3 is 0 Å². The Labute approximate surface area is 110 Å². The van der Waals surface area contributed by atoms with Gasteiger partial charge in [0.1, 0.15) is 12.1 Å². The van der Waals surface area contributed by atoms with E-state index in [4.69, 9.17) is 9.47 Å². The van der Waals surface area contributed by atoms with E-state index in [0.717, 1.165) is 36.3 Å². The third-order valence-electron chi connectivity index (χ3n) is 3.11. The zero-order valence-electron chi connectivity index (χ0n) is 10.6. The second kappa shape index (κ2) is 5.94. The van der Waals surface area contributed by atoms with Gasteiger partial charge in [-0.2, -0.15) is 5.10 Å². The maximum absolute atomic E-state index is 5.58. The first-order chi connectivity index (χ1) is 9.43. The summed E-state index contributed by atoms with van der Waals surface area (Å²) in [5.74, 6) is 0.777. The largest absolute Gasteiger partial charge is 0.377 e. The molecular weight excluding hydrogens is 246 g/mol. The van der Waals surface area contributed by atoms with Crippen LogP contribution < -0.4 is 5.32 Å². The second-order valence-electron chi connectivity index (χ2n) is 4.49. The van der Waals surface area contributed by atoms with Gasteiger partial charge in [-0.05, 0) is 12.8 Å². The minimum absolute atomic E-state index is 0.277. The van der Waals surface area contributed by atoms with Crippen LogP contribution in [0.15, 0.2) is 12.5 Å². The quantitative estimate of drug-likeness (QED) is 0.755. The number of nitrogens with one attached hydrogen (secondary N) is 2. The summed E-state index contributed by atoms with van der Waals surface area (Å²) >= 11 is 0. The van der Waals surface area contributed by atoms with E-state index in [1.807, 2.05) is 0 Å². The van der Waals surface area contributed by atoms with Crippen molar-refractivity contribution in [3.8, 4) is 0 Å². The SMILES string of the molecule is c1nc(NCCOCC2CCCO2)c2cn[nH]c2n1. The molecule has 0 spiro atoms. The first-order valence-electron chi connectivity index (χ1n) is 6.51. The van der Waals surface area contributed by atoms with Gasteiger partial charge in [-0.3, -0.25) is 5.10 Å². The average molecular weight is 263 g/mol. The van der Waals surface area contributed by atoms with Crippen LogP contribution >= 0.6 is 0 Å². The number of hydrogen-bond acceptors (Lipinski definition) is 6. The second-order valence-corrected chi connectivity index (χ2v) is 4.49. The number of aromatic nitrogens is 4. The number of hydrogen-bond donors (Lipinski definition) is 2. The molecule has 1 aliphatic heterocycles. The number of nitrogens with zero attached hydrogens (tertiary/aromatic N) is 3. The van der Waals surface area contributed by atoms with E-state index < -0.39 is 0 Å². The van der Waals surface area contributed by atoms with Crippen LogP contribution in [0.3, 0.4) is 0 Å². The number of anilines is 1. The Balaban J connectivity index is 1.43. The molecule has 2 N–H and O–H groups in total. The third-order valence-corrected chi connectivity index (χ3v) is 3.11. The molecular formula is C12H17N5O2. The Morgan fingerprint density at radius 2 is 2.47 bits per heavy atom. The Morgan fingerprint density at radius 3 is 3.37 bits per heavy atom. The standard InChI is InChI=1S/C12H17N5O2/c1-2-9(19-4-1)7-18-5-3-13-11-10-6-16-17-12(10)15-8-14-11/h6,8-9H,1-5,7H2,(H2,13,14,15,16,17). The van der Waals surface area contributed by atoms with Crippen LogP contribution in [0.4, 0.5) is 5.82 Å². The highest BCUT2D eigenvalue weighted by molar-refractivity contribution is 5.85. The molecule has 0 aliphatic carbocycles. The van der Waals surface area contributed by atoms with Crippen LogP contribution in [-0.2, 0) is 9.47 Å². The predicted octanol–water partition coefficient (Wildman–Crippen LogP) is 0.960. The molecule has 0 aromatic carbocycles. The van der Waals surface area contributed by atoms with E-state index >= 15 is 0 Å². The molecule has 7 heteroatoms. The number of ether oxygens (including phenoxy) is 2. The molecule has 7 nitrogen and oxygen atoms in total. The molecule has 0 amide bonds. The third kappa shape index (κ3) is 2.99. The lowest BCUT2D eigenvalue weighted by molar-refractivity contribution is 0.0206. The van der Waals surface area contributed by atoms with Crippen LogP contribution in [-0.4, -0.2) is 52.6 Å². The van der Waals surface area contributed by atoms with Crippen molar-refractivity contribution in [3.63, 3.8) is 0 Å². The molecule has 102 valence electrons. The van der Waals surface area contributed by atoms with Crippen LogP contribution in [0, 0.1) is 0 Å². The van der Waals surface area contributed by atoms with Crippen molar-refractivity contribution in [3.05, 3.63) is 12.5 Å². The summed E-state index contributed by atoms with van der Waals surface area (Å²) < 4.78 is 11.1. The Hall–Kier alpha value is -1.73. The molecule has 1 fully saturated rings. The minimum atomic E-state index is 0.277. The van der Waals surface area contributed by atoms with Crippen LogP contribution in [0.5, 0.6) is 0 Å². The number of aromatic amines is 1. The van der Waals surface area contributed by atoms with Crippen molar-refractivity contribution in [1.29, 1.82) is 0 Å². The van der Waals surface area contributed by atoms with Crippen molar-refractivity contribution in [2.75, 3.05) is 31.7 Å². The fraction of sp³-hybridized carbons (Fsp3) is 0.583. The van der Waals surface area contributed by atoms with Crippen molar-refractivity contribution >= 4 is 16.9 Å². The van der Waals surface area contributed by atoms with Gasteiger partial charge in [-0.15, -0.1) is 0 Å². The highest BCUT2D eigenvalue weighted by atomic mass is 16.5. The van der Waals surface area contributed by atoms with Gasteiger partial charge in [0.25, 0.3) is 0 Å². The smallest absolute Gasteiger partial charge is 0.160 e. The van der Waals surface area contributed by atoms with Gasteiger partial charge in [0.05, 0.1) is 30.9 Å². The molecule has 3 heterocycles. The number of rotatable bonds is 6. The first kappa shape index (κ1) is 12.3. The summed E-state index contributed by atoms with van der Waals surface area (Å²) in [7, 11) is 0. The summed E-state index contributed by atoms with van der Waals surface area (Å²) in [6.45, 7) is 2.87. The number of fused-ring (bicyclic) bond motifs is 1. The molecule has 0 bridgehead atoms. The first-order valence-corrected chi connectivity index (χ1v) is 6.51. The molecule has 2 aromatic heterocycles. The highest BCUT2D eigenvalue weighted by Crippen LogP contribution is 2.15. The van der Waals surface area contributed by atoms with Crippen molar-refractivity contribution in [2.24, 2.45) is 0 Å². The van der Waals surface area contributed by atoms with Gasteiger partial charge in [0, 0.05) is 13.2 Å². The van der Waals surface area contributed by atoms with Gasteiger partial charge in [-0.25, -0.2) is 9.97 Å². The molecule has 1 saturated heterocycles. The molecule has 1 unspecified atom stereocenters. The summed E-state index contributed by atoms with van der Waals surface area (Å²) in [5.41, 5.74) is 0.734. The lowest BCUT2D eigenvalue weighted by Crippen LogP contribution is -2.18. The van der Waals surface area contributed by atoms with Crippen molar-refractivity contribution < 1.29 is 9.47 Å². The lowest BCUT2D eigenvalue weighted by atomic mass is 10.2. The van der Waals surface area contributed by atoms with Crippen molar-refractivity contribution in [2.45, 2.75) is 18.9 Å². The average Bonchev–Trinajstić information content (AvgIpc) is 3.09. The molecule has 19 heavy (non-hydrogen) atoms. The summed E-state index contributed by atoms with van der Waals surface area (Å²) in [5, 5.41) is 10.9. The zero-order chi connectivity index (χ0) is 12.9. The van der Waals surface area contributed by atoms with E-state index in [0.29, 0.717) is 19.8 Å². The normalized spacial score (nSPS) is 19.1. The zero-order valence-corrected chi connectivity index (χ0v) is 10.6. The molecule has 0 radical (unpaired) electrons. The van der Waals surface area contributed by atoms with E-state index in [9.17, 15) is 0 Å². The monoisotopic (exact) mass is 263 g/mol. The van der Waals surface area contributed by atoms with Crippen LogP contribution in [0.2, 0.25) is 0 Å². The fourth-order valence-electron chi connectivity index (χ4n) is 2.14. The van der Waals surface area contributed by atoms with Gasteiger partial charge < -0.3 is 14.8 Å².